The van der Waals surface area contributed by atoms with Gasteiger partial charge in [-0.1, -0.05) is 13.3 Å². The minimum absolute atomic E-state index is 0.0978. The molecule has 0 aliphatic rings. The molecule has 0 aliphatic heterocycles. The van der Waals surface area contributed by atoms with Crippen LogP contribution >= 0.6 is 0 Å². The van der Waals surface area contributed by atoms with Crippen LogP contribution in [-0.4, -0.2) is 9.55 Å². The fourth-order valence-corrected chi connectivity index (χ4v) is 1.94. The Morgan fingerprint density at radius 3 is 2.72 bits per heavy atom. The third-order valence-electron chi connectivity index (χ3n) is 2.85. The van der Waals surface area contributed by atoms with Crippen LogP contribution in [0.4, 0.5) is 8.78 Å². The second kappa shape index (κ2) is 5.13. The van der Waals surface area contributed by atoms with Crippen LogP contribution in [-0.2, 0) is 13.0 Å². The van der Waals surface area contributed by atoms with Gasteiger partial charge in [0.15, 0.2) is 11.6 Å². The third kappa shape index (κ3) is 2.19. The molecule has 3 nitrogen and oxygen atoms in total. The maximum Gasteiger partial charge on any atom is 0.161 e. The maximum absolute atomic E-state index is 13.2. The Morgan fingerprint density at radius 1 is 1.33 bits per heavy atom. The smallest absolute Gasteiger partial charge is 0.161 e. The van der Waals surface area contributed by atoms with Crippen molar-refractivity contribution in [3.05, 3.63) is 29.6 Å². The van der Waals surface area contributed by atoms with E-state index in [1.165, 1.54) is 0 Å². The number of unbranched alkanes of at least 4 members (excludes halogenated alkanes) is 1. The van der Waals surface area contributed by atoms with Gasteiger partial charge in [0.2, 0.25) is 0 Å². The highest BCUT2D eigenvalue weighted by Crippen LogP contribution is 2.21. The molecule has 2 aromatic rings. The Morgan fingerprint density at radius 2 is 2.06 bits per heavy atom. The first-order chi connectivity index (χ1) is 8.67. The van der Waals surface area contributed by atoms with Crippen molar-refractivity contribution in [2.24, 2.45) is 0 Å². The lowest BCUT2D eigenvalue weighted by Crippen LogP contribution is -2.02. The van der Waals surface area contributed by atoms with Gasteiger partial charge >= 0.3 is 0 Å². The first-order valence-electron chi connectivity index (χ1n) is 5.88. The average molecular weight is 249 g/mol. The van der Waals surface area contributed by atoms with Gasteiger partial charge in [0.25, 0.3) is 0 Å². The zero-order valence-corrected chi connectivity index (χ0v) is 10.1. The van der Waals surface area contributed by atoms with E-state index in [4.69, 9.17) is 5.26 Å². The van der Waals surface area contributed by atoms with Gasteiger partial charge in [0.05, 0.1) is 17.1 Å². The van der Waals surface area contributed by atoms with E-state index in [0.717, 1.165) is 25.0 Å². The van der Waals surface area contributed by atoms with Crippen LogP contribution < -0.4 is 0 Å². The fraction of sp³-hybridized carbons (Fsp3) is 0.385. The molecule has 94 valence electrons. The van der Waals surface area contributed by atoms with Crippen molar-refractivity contribution in [1.29, 1.82) is 5.26 Å². The van der Waals surface area contributed by atoms with Gasteiger partial charge in [-0.05, 0) is 6.42 Å². The van der Waals surface area contributed by atoms with Crippen LogP contribution in [0, 0.1) is 23.0 Å². The lowest BCUT2D eigenvalue weighted by Gasteiger charge is -2.03. The van der Waals surface area contributed by atoms with E-state index < -0.39 is 11.6 Å². The highest BCUT2D eigenvalue weighted by atomic mass is 19.2. The van der Waals surface area contributed by atoms with Gasteiger partial charge in [-0.25, -0.2) is 13.8 Å². The summed E-state index contributed by atoms with van der Waals surface area (Å²) in [6.45, 7) is 2.15. The Labute approximate surface area is 104 Å². The van der Waals surface area contributed by atoms with E-state index in [2.05, 4.69) is 11.9 Å². The highest BCUT2D eigenvalue weighted by molar-refractivity contribution is 5.76. The summed E-state index contributed by atoms with van der Waals surface area (Å²) in [7, 11) is 0. The van der Waals surface area contributed by atoms with Gasteiger partial charge in [0.1, 0.15) is 12.4 Å². The first-order valence-corrected chi connectivity index (χ1v) is 5.88. The summed E-state index contributed by atoms with van der Waals surface area (Å²) < 4.78 is 28.0. The van der Waals surface area contributed by atoms with E-state index in [0.29, 0.717) is 23.3 Å². The van der Waals surface area contributed by atoms with Crippen LogP contribution in [0.2, 0.25) is 0 Å². The zero-order chi connectivity index (χ0) is 13.1. The molecular formula is C13H13F2N3. The van der Waals surface area contributed by atoms with Crippen molar-refractivity contribution in [3.63, 3.8) is 0 Å². The lowest BCUT2D eigenvalue weighted by molar-refractivity contribution is 0.510. The van der Waals surface area contributed by atoms with Crippen molar-refractivity contribution in [1.82, 2.24) is 9.55 Å². The molecule has 18 heavy (non-hydrogen) atoms. The quantitative estimate of drug-likeness (QED) is 0.835. The van der Waals surface area contributed by atoms with Crippen molar-refractivity contribution in [2.45, 2.75) is 32.7 Å². The minimum Gasteiger partial charge on any atom is -0.314 e. The normalized spacial score (nSPS) is 10.8. The monoisotopic (exact) mass is 249 g/mol. The number of hydrogen-bond acceptors (Lipinski definition) is 2. The molecule has 1 heterocycles. The van der Waals surface area contributed by atoms with Crippen LogP contribution in [0.15, 0.2) is 12.1 Å². The molecule has 1 aromatic heterocycles. The molecule has 5 heteroatoms. The number of aryl methyl sites for hydroxylation is 1. The number of halogens is 2. The summed E-state index contributed by atoms with van der Waals surface area (Å²) in [5.41, 5.74) is 0.872. The average Bonchev–Trinajstić information content (AvgIpc) is 2.66. The van der Waals surface area contributed by atoms with Gasteiger partial charge in [-0.15, -0.1) is 0 Å². The summed E-state index contributed by atoms with van der Waals surface area (Å²) >= 11 is 0. The largest absolute Gasteiger partial charge is 0.314 e. The Bertz CT molecular complexity index is 611. The number of rotatable bonds is 4. The summed E-state index contributed by atoms with van der Waals surface area (Å²) in [5.74, 6) is -1.12. The molecule has 0 saturated heterocycles. The lowest BCUT2D eigenvalue weighted by atomic mass is 10.2. The van der Waals surface area contributed by atoms with Crippen LogP contribution in [0.5, 0.6) is 0 Å². The summed E-state index contributed by atoms with van der Waals surface area (Å²) in [5, 5.41) is 8.80. The minimum atomic E-state index is -0.913. The standard InChI is InChI=1S/C13H13F2N3/c1-2-3-4-13-17-11-7-9(14)10(15)8-12(11)18(13)6-5-16/h7-8H,2-4,6H2,1H3. The molecule has 0 aliphatic carbocycles. The van der Waals surface area contributed by atoms with Crippen molar-refractivity contribution in [3.8, 4) is 6.07 Å². The summed E-state index contributed by atoms with van der Waals surface area (Å²) in [6, 6.07) is 4.20. The number of fused-ring (bicyclic) bond motifs is 1. The number of nitriles is 1. The number of nitrogens with zero attached hydrogens (tertiary/aromatic N) is 3. The van der Waals surface area contributed by atoms with E-state index in [9.17, 15) is 8.78 Å². The van der Waals surface area contributed by atoms with Gasteiger partial charge in [-0.3, -0.25) is 0 Å². The summed E-state index contributed by atoms with van der Waals surface area (Å²) in [6.07, 6.45) is 2.63. The van der Waals surface area contributed by atoms with E-state index >= 15 is 0 Å². The SMILES string of the molecule is CCCCc1nc2cc(F)c(F)cc2n1CC#N. The second-order valence-electron chi connectivity index (χ2n) is 4.13. The molecule has 0 unspecified atom stereocenters. The Balaban J connectivity index is 2.56. The van der Waals surface area contributed by atoms with Gasteiger partial charge < -0.3 is 4.57 Å². The molecule has 0 atom stereocenters. The molecule has 0 spiro atoms. The van der Waals surface area contributed by atoms with Crippen molar-refractivity contribution >= 4 is 11.0 Å². The summed E-state index contributed by atoms with van der Waals surface area (Å²) in [4.78, 5) is 4.28. The van der Waals surface area contributed by atoms with Crippen LogP contribution in [0.1, 0.15) is 25.6 Å². The van der Waals surface area contributed by atoms with Crippen LogP contribution in [0.25, 0.3) is 11.0 Å². The predicted octanol–water partition coefficient (Wildman–Crippen LogP) is 3.18. The fourth-order valence-electron chi connectivity index (χ4n) is 1.94. The third-order valence-corrected chi connectivity index (χ3v) is 2.85. The van der Waals surface area contributed by atoms with E-state index in [-0.39, 0.29) is 6.54 Å². The number of aromatic nitrogens is 2. The maximum atomic E-state index is 13.2. The molecule has 0 N–H and O–H groups in total. The molecule has 0 bridgehead atoms. The second-order valence-corrected chi connectivity index (χ2v) is 4.13. The Kier molecular flexibility index (Phi) is 3.56. The zero-order valence-electron chi connectivity index (χ0n) is 10.1. The first kappa shape index (κ1) is 12.5. The molecule has 0 radical (unpaired) electrons. The molecule has 2 rings (SSSR count). The number of imidazole rings is 1. The highest BCUT2D eigenvalue weighted by Gasteiger charge is 2.13. The van der Waals surface area contributed by atoms with Gasteiger partial charge in [-0.2, -0.15) is 5.26 Å². The van der Waals surface area contributed by atoms with Gasteiger partial charge in [0, 0.05) is 18.6 Å². The molecular weight excluding hydrogens is 236 g/mol. The molecule has 1 aromatic carbocycles. The van der Waals surface area contributed by atoms with Crippen molar-refractivity contribution < 1.29 is 8.78 Å². The molecule has 0 fully saturated rings. The number of hydrogen-bond donors (Lipinski definition) is 0. The van der Waals surface area contributed by atoms with Crippen molar-refractivity contribution in [2.75, 3.05) is 0 Å². The van der Waals surface area contributed by atoms with E-state index in [1.807, 2.05) is 6.07 Å². The number of benzene rings is 1. The predicted molar refractivity (Wildman–Crippen MR) is 63.9 cm³/mol. The molecule has 0 saturated carbocycles. The topological polar surface area (TPSA) is 41.6 Å². The van der Waals surface area contributed by atoms with E-state index in [1.54, 1.807) is 4.57 Å². The Hall–Kier alpha value is -1.96. The molecule has 0 amide bonds. The van der Waals surface area contributed by atoms with Crippen LogP contribution in [0.3, 0.4) is 0 Å².